The lowest BCUT2D eigenvalue weighted by Gasteiger charge is -2.13. The van der Waals surface area contributed by atoms with Gasteiger partial charge in [-0.05, 0) is 61.4 Å². The maximum atomic E-state index is 13.1. The van der Waals surface area contributed by atoms with Crippen molar-refractivity contribution in [3.05, 3.63) is 63.5 Å². The van der Waals surface area contributed by atoms with Gasteiger partial charge in [0.1, 0.15) is 6.54 Å². The summed E-state index contributed by atoms with van der Waals surface area (Å²) >= 11 is 1.68. The van der Waals surface area contributed by atoms with Crippen LogP contribution in [0.2, 0.25) is 0 Å². The van der Waals surface area contributed by atoms with Gasteiger partial charge >= 0.3 is 5.97 Å². The smallest absolute Gasteiger partial charge is 0.325 e. The molecule has 0 saturated carbocycles. The standard InChI is InChI=1S/C23H22N2O3S/c1-14(2)28-20(26)13-24-23(27)21-17-7-3-4-8-19(17)25-22-15(9-10-18(21)22)12-16-6-5-11-29-16/h3-8,11-12,14H,9-10,13H2,1-2H3,(H,24,27)/b15-12-. The van der Waals surface area contributed by atoms with Crippen molar-refractivity contribution in [1.82, 2.24) is 10.3 Å². The molecule has 4 rings (SSSR count). The first kappa shape index (κ1) is 19.3. The highest BCUT2D eigenvalue weighted by Crippen LogP contribution is 2.37. The van der Waals surface area contributed by atoms with Crippen LogP contribution in [-0.2, 0) is 16.0 Å². The number of ether oxygens (including phenoxy) is 1. The van der Waals surface area contributed by atoms with Crippen LogP contribution in [0.4, 0.5) is 0 Å². The Balaban J connectivity index is 1.72. The van der Waals surface area contributed by atoms with Crippen LogP contribution in [0.15, 0.2) is 41.8 Å². The molecule has 0 unspecified atom stereocenters. The van der Waals surface area contributed by atoms with Crippen molar-refractivity contribution in [2.24, 2.45) is 0 Å². The van der Waals surface area contributed by atoms with Gasteiger partial charge in [0.2, 0.25) is 0 Å². The molecule has 2 heterocycles. The van der Waals surface area contributed by atoms with Gasteiger partial charge in [-0.2, -0.15) is 0 Å². The summed E-state index contributed by atoms with van der Waals surface area (Å²) < 4.78 is 5.12. The molecular weight excluding hydrogens is 384 g/mol. The van der Waals surface area contributed by atoms with E-state index in [2.05, 4.69) is 17.5 Å². The topological polar surface area (TPSA) is 68.3 Å². The van der Waals surface area contributed by atoms with Gasteiger partial charge in [-0.15, -0.1) is 11.3 Å². The minimum atomic E-state index is -0.443. The van der Waals surface area contributed by atoms with Crippen LogP contribution >= 0.6 is 11.3 Å². The van der Waals surface area contributed by atoms with Gasteiger partial charge in [0.15, 0.2) is 0 Å². The zero-order chi connectivity index (χ0) is 20.4. The minimum absolute atomic E-state index is 0.152. The molecule has 1 amide bonds. The molecular formula is C23H22N2O3S. The van der Waals surface area contributed by atoms with Crippen LogP contribution < -0.4 is 5.32 Å². The van der Waals surface area contributed by atoms with Crippen molar-refractivity contribution in [3.63, 3.8) is 0 Å². The zero-order valence-electron chi connectivity index (χ0n) is 16.4. The number of nitrogens with zero attached hydrogens (tertiary/aromatic N) is 1. The third-order valence-electron chi connectivity index (χ3n) is 4.79. The SMILES string of the molecule is CC(C)OC(=O)CNC(=O)c1c2c(nc3ccccc13)/C(=C\c1cccs1)CC2. The summed E-state index contributed by atoms with van der Waals surface area (Å²) in [4.78, 5) is 31.0. The number of rotatable bonds is 5. The van der Waals surface area contributed by atoms with E-state index in [4.69, 9.17) is 9.72 Å². The number of fused-ring (bicyclic) bond motifs is 2. The quantitative estimate of drug-likeness (QED) is 0.635. The van der Waals surface area contributed by atoms with E-state index in [1.54, 1.807) is 25.2 Å². The predicted molar refractivity (Wildman–Crippen MR) is 116 cm³/mol. The summed E-state index contributed by atoms with van der Waals surface area (Å²) in [5.74, 6) is -0.709. The number of nitrogens with one attached hydrogen (secondary N) is 1. The van der Waals surface area contributed by atoms with E-state index in [1.807, 2.05) is 35.7 Å². The fraction of sp³-hybridized carbons (Fsp3) is 0.261. The number of thiophene rings is 1. The first-order valence-corrected chi connectivity index (χ1v) is 10.5. The van der Waals surface area contributed by atoms with Crippen LogP contribution in [-0.4, -0.2) is 29.5 Å². The molecule has 0 fully saturated rings. The van der Waals surface area contributed by atoms with E-state index < -0.39 is 5.97 Å². The average molecular weight is 407 g/mol. The molecule has 0 saturated heterocycles. The van der Waals surface area contributed by atoms with E-state index >= 15 is 0 Å². The fourth-order valence-electron chi connectivity index (χ4n) is 3.63. The largest absolute Gasteiger partial charge is 0.462 e. The Kier molecular flexibility index (Phi) is 5.45. The molecule has 5 nitrogen and oxygen atoms in total. The van der Waals surface area contributed by atoms with Gasteiger partial charge in [0.25, 0.3) is 5.91 Å². The molecule has 148 valence electrons. The Morgan fingerprint density at radius 3 is 2.79 bits per heavy atom. The summed E-state index contributed by atoms with van der Waals surface area (Å²) in [5, 5.41) is 5.58. The van der Waals surface area contributed by atoms with E-state index in [-0.39, 0.29) is 18.6 Å². The van der Waals surface area contributed by atoms with Crippen LogP contribution in [0.1, 0.15) is 46.8 Å². The third kappa shape index (κ3) is 4.07. The van der Waals surface area contributed by atoms with Crippen molar-refractivity contribution >= 4 is 45.8 Å². The highest BCUT2D eigenvalue weighted by Gasteiger charge is 2.27. The number of hydrogen-bond acceptors (Lipinski definition) is 5. The van der Waals surface area contributed by atoms with Crippen LogP contribution in [0, 0.1) is 0 Å². The first-order chi connectivity index (χ1) is 14.0. The van der Waals surface area contributed by atoms with Crippen LogP contribution in [0.25, 0.3) is 22.6 Å². The van der Waals surface area contributed by atoms with Crippen molar-refractivity contribution < 1.29 is 14.3 Å². The fourth-order valence-corrected chi connectivity index (χ4v) is 4.31. The molecule has 3 aromatic rings. The van der Waals surface area contributed by atoms with Gasteiger partial charge in [-0.3, -0.25) is 9.59 Å². The number of para-hydroxylation sites is 1. The molecule has 0 radical (unpaired) electrons. The van der Waals surface area contributed by atoms with Gasteiger partial charge in [0, 0.05) is 10.3 Å². The van der Waals surface area contributed by atoms with E-state index in [1.165, 1.54) is 4.88 Å². The second-order valence-electron chi connectivity index (χ2n) is 7.24. The molecule has 6 heteroatoms. The summed E-state index contributed by atoms with van der Waals surface area (Å²) in [7, 11) is 0. The lowest BCUT2D eigenvalue weighted by atomic mass is 10.00. The van der Waals surface area contributed by atoms with Crippen LogP contribution in [0.3, 0.4) is 0 Å². The summed E-state index contributed by atoms with van der Waals surface area (Å²) in [5.41, 5.74) is 4.35. The molecule has 0 bridgehead atoms. The van der Waals surface area contributed by atoms with Crippen molar-refractivity contribution in [2.45, 2.75) is 32.8 Å². The summed E-state index contributed by atoms with van der Waals surface area (Å²) in [6, 6.07) is 11.7. The third-order valence-corrected chi connectivity index (χ3v) is 5.61. The van der Waals surface area contributed by atoms with Gasteiger partial charge in [-0.25, -0.2) is 4.98 Å². The molecule has 2 aromatic heterocycles. The van der Waals surface area contributed by atoms with Crippen LogP contribution in [0.5, 0.6) is 0 Å². The van der Waals surface area contributed by atoms with E-state index in [9.17, 15) is 9.59 Å². The maximum absolute atomic E-state index is 13.1. The number of carbonyl (C=O) groups excluding carboxylic acids is 2. The van der Waals surface area contributed by atoms with Gasteiger partial charge in [0.05, 0.1) is 22.9 Å². The molecule has 1 aromatic carbocycles. The number of benzene rings is 1. The molecule has 0 spiro atoms. The summed E-state index contributed by atoms with van der Waals surface area (Å²) in [6.07, 6.45) is 3.53. The average Bonchev–Trinajstić information content (AvgIpc) is 3.34. The molecule has 1 N–H and O–H groups in total. The Morgan fingerprint density at radius 2 is 2.03 bits per heavy atom. The number of amides is 1. The second-order valence-corrected chi connectivity index (χ2v) is 8.22. The van der Waals surface area contributed by atoms with E-state index in [0.29, 0.717) is 5.56 Å². The number of aromatic nitrogens is 1. The monoisotopic (exact) mass is 406 g/mol. The number of carbonyl (C=O) groups is 2. The highest BCUT2D eigenvalue weighted by atomic mass is 32.1. The Morgan fingerprint density at radius 1 is 1.21 bits per heavy atom. The lowest BCUT2D eigenvalue weighted by molar-refractivity contribution is -0.146. The van der Waals surface area contributed by atoms with Crippen molar-refractivity contribution in [2.75, 3.05) is 6.54 Å². The number of allylic oxidation sites excluding steroid dienone is 1. The molecule has 0 atom stereocenters. The molecule has 0 aliphatic heterocycles. The lowest BCUT2D eigenvalue weighted by Crippen LogP contribution is -2.32. The Bertz CT molecular complexity index is 1100. The molecule has 29 heavy (non-hydrogen) atoms. The zero-order valence-corrected chi connectivity index (χ0v) is 17.2. The maximum Gasteiger partial charge on any atom is 0.325 e. The Labute approximate surface area is 173 Å². The summed E-state index contributed by atoms with van der Waals surface area (Å²) in [6.45, 7) is 3.41. The van der Waals surface area contributed by atoms with Crippen molar-refractivity contribution in [3.8, 4) is 0 Å². The van der Waals surface area contributed by atoms with Gasteiger partial charge < -0.3 is 10.1 Å². The van der Waals surface area contributed by atoms with E-state index in [0.717, 1.165) is 40.6 Å². The number of hydrogen-bond donors (Lipinski definition) is 1. The molecule has 1 aliphatic rings. The Hall–Kier alpha value is -2.99. The normalized spacial score (nSPS) is 14.4. The number of esters is 1. The second kappa shape index (κ2) is 8.17. The van der Waals surface area contributed by atoms with Crippen molar-refractivity contribution in [1.29, 1.82) is 0 Å². The highest BCUT2D eigenvalue weighted by molar-refractivity contribution is 7.10. The minimum Gasteiger partial charge on any atom is -0.462 e. The first-order valence-electron chi connectivity index (χ1n) is 9.66. The van der Waals surface area contributed by atoms with Gasteiger partial charge in [-0.1, -0.05) is 24.3 Å². The predicted octanol–water partition coefficient (Wildman–Crippen LogP) is 4.46. The number of pyridine rings is 1. The molecule has 1 aliphatic carbocycles.